The van der Waals surface area contributed by atoms with Crippen LogP contribution in [-0.4, -0.2) is 42.8 Å². The summed E-state index contributed by atoms with van der Waals surface area (Å²) in [6.45, 7) is 2.98. The van der Waals surface area contributed by atoms with Crippen LogP contribution in [0.1, 0.15) is 24.8 Å². The first-order valence-electron chi connectivity index (χ1n) is 6.62. The van der Waals surface area contributed by atoms with Gasteiger partial charge >= 0.3 is 5.97 Å². The summed E-state index contributed by atoms with van der Waals surface area (Å²) in [6, 6.07) is 2.11. The van der Waals surface area contributed by atoms with Crippen LogP contribution >= 0.6 is 11.3 Å². The lowest BCUT2D eigenvalue weighted by molar-refractivity contribution is -0.154. The average Bonchev–Trinajstić information content (AvgIpc) is 2.89. The minimum absolute atomic E-state index is 0.512. The van der Waals surface area contributed by atoms with E-state index in [1.165, 1.54) is 5.56 Å². The first-order chi connectivity index (χ1) is 9.16. The number of hydrogen-bond acceptors (Lipinski definition) is 4. The molecule has 1 saturated heterocycles. The van der Waals surface area contributed by atoms with Crippen molar-refractivity contribution in [3.63, 3.8) is 0 Å². The number of carboxylic acids is 1. The second-order valence-corrected chi connectivity index (χ2v) is 6.05. The molecule has 1 atom stereocenters. The van der Waals surface area contributed by atoms with Crippen molar-refractivity contribution in [1.29, 1.82) is 0 Å². The Balaban J connectivity index is 2.02. The van der Waals surface area contributed by atoms with Gasteiger partial charge in [0, 0.05) is 26.8 Å². The number of methoxy groups -OCH3 is 1. The van der Waals surface area contributed by atoms with Crippen molar-refractivity contribution in [2.45, 2.75) is 25.8 Å². The molecular weight excluding hydrogens is 262 g/mol. The Labute approximate surface area is 118 Å². The third-order valence-electron chi connectivity index (χ3n) is 3.88. The van der Waals surface area contributed by atoms with E-state index in [1.807, 2.05) is 0 Å². The molecule has 2 rings (SSSR count). The third-order valence-corrected chi connectivity index (χ3v) is 4.61. The molecule has 0 unspecified atom stereocenters. The molecule has 1 aromatic rings. The van der Waals surface area contributed by atoms with Crippen molar-refractivity contribution in [2.24, 2.45) is 5.41 Å². The maximum Gasteiger partial charge on any atom is 0.311 e. The number of carboxylic acid groups (broad SMARTS) is 1. The van der Waals surface area contributed by atoms with Crippen LogP contribution in [0.2, 0.25) is 0 Å². The SMILES string of the molecule is COCC[C@@]1(C(=O)O)CCCN(Cc2ccsc2)C1. The summed E-state index contributed by atoms with van der Waals surface area (Å²) >= 11 is 1.69. The Hall–Kier alpha value is -0.910. The maximum absolute atomic E-state index is 11.7. The van der Waals surface area contributed by atoms with Crippen LogP contribution in [0.25, 0.3) is 0 Å². The Kier molecular flexibility index (Phi) is 4.96. The molecule has 1 aliphatic heterocycles. The largest absolute Gasteiger partial charge is 0.481 e. The zero-order chi connectivity index (χ0) is 13.7. The van der Waals surface area contributed by atoms with E-state index >= 15 is 0 Å². The normalized spacial score (nSPS) is 24.5. The van der Waals surface area contributed by atoms with Crippen molar-refractivity contribution >= 4 is 17.3 Å². The molecule has 0 saturated carbocycles. The van der Waals surface area contributed by atoms with Gasteiger partial charge in [-0.2, -0.15) is 11.3 Å². The molecule has 0 bridgehead atoms. The highest BCUT2D eigenvalue weighted by Crippen LogP contribution is 2.34. The monoisotopic (exact) mass is 283 g/mol. The quantitative estimate of drug-likeness (QED) is 0.871. The lowest BCUT2D eigenvalue weighted by Crippen LogP contribution is -2.48. The number of aliphatic carboxylic acids is 1. The third kappa shape index (κ3) is 3.55. The predicted molar refractivity (Wildman–Crippen MR) is 75.4 cm³/mol. The molecule has 0 aromatic carbocycles. The number of carbonyl (C=O) groups is 1. The van der Waals surface area contributed by atoms with E-state index in [9.17, 15) is 9.90 Å². The van der Waals surface area contributed by atoms with Gasteiger partial charge in [0.2, 0.25) is 0 Å². The van der Waals surface area contributed by atoms with E-state index in [0.717, 1.165) is 25.9 Å². The molecular formula is C14H21NO3S. The second-order valence-electron chi connectivity index (χ2n) is 5.27. The van der Waals surface area contributed by atoms with Gasteiger partial charge in [0.25, 0.3) is 0 Å². The molecule has 0 amide bonds. The van der Waals surface area contributed by atoms with Crippen LogP contribution in [0, 0.1) is 5.41 Å². The molecule has 2 heterocycles. The van der Waals surface area contributed by atoms with Gasteiger partial charge in [-0.25, -0.2) is 0 Å². The Morgan fingerprint density at radius 3 is 3.11 bits per heavy atom. The van der Waals surface area contributed by atoms with Crippen molar-refractivity contribution in [3.8, 4) is 0 Å². The smallest absolute Gasteiger partial charge is 0.311 e. The zero-order valence-electron chi connectivity index (χ0n) is 11.3. The maximum atomic E-state index is 11.7. The molecule has 1 fully saturated rings. The highest BCUT2D eigenvalue weighted by atomic mass is 32.1. The Morgan fingerprint density at radius 2 is 2.47 bits per heavy atom. The number of rotatable bonds is 6. The Morgan fingerprint density at radius 1 is 1.63 bits per heavy atom. The fourth-order valence-corrected chi connectivity index (χ4v) is 3.45. The summed E-state index contributed by atoms with van der Waals surface area (Å²) in [5.41, 5.74) is 0.641. The predicted octanol–water partition coefficient (Wildman–Crippen LogP) is 2.45. The summed E-state index contributed by atoms with van der Waals surface area (Å²) in [4.78, 5) is 13.9. The average molecular weight is 283 g/mol. The van der Waals surface area contributed by atoms with E-state index < -0.39 is 11.4 Å². The van der Waals surface area contributed by atoms with Crippen LogP contribution in [0.5, 0.6) is 0 Å². The molecule has 1 aromatic heterocycles. The molecule has 0 aliphatic carbocycles. The number of hydrogen-bond donors (Lipinski definition) is 1. The topological polar surface area (TPSA) is 49.8 Å². The second kappa shape index (κ2) is 6.50. The number of ether oxygens (including phenoxy) is 1. The van der Waals surface area contributed by atoms with E-state index in [1.54, 1.807) is 18.4 Å². The highest BCUT2D eigenvalue weighted by Gasteiger charge is 2.41. The molecule has 0 radical (unpaired) electrons. The van der Waals surface area contributed by atoms with E-state index in [-0.39, 0.29) is 0 Å². The standard InChI is InChI=1S/C14H21NO3S/c1-18-7-5-14(13(16)17)4-2-6-15(11-14)9-12-3-8-19-10-12/h3,8,10H,2,4-7,9,11H2,1H3,(H,16,17)/t14-/m0/s1. The van der Waals surface area contributed by atoms with Crippen molar-refractivity contribution in [2.75, 3.05) is 26.8 Å². The minimum atomic E-state index is -0.681. The first kappa shape index (κ1) is 14.5. The number of nitrogens with zero attached hydrogens (tertiary/aromatic N) is 1. The molecule has 106 valence electrons. The number of likely N-dealkylation sites (tertiary alicyclic amines) is 1. The zero-order valence-corrected chi connectivity index (χ0v) is 12.1. The molecule has 1 N–H and O–H groups in total. The van der Waals surface area contributed by atoms with Crippen LogP contribution in [-0.2, 0) is 16.1 Å². The number of thiophene rings is 1. The van der Waals surface area contributed by atoms with Gasteiger partial charge in [-0.3, -0.25) is 9.69 Å². The summed E-state index contributed by atoms with van der Waals surface area (Å²) in [7, 11) is 1.63. The van der Waals surface area contributed by atoms with Crippen LogP contribution < -0.4 is 0 Å². The van der Waals surface area contributed by atoms with Gasteiger partial charge in [-0.05, 0) is 48.2 Å². The van der Waals surface area contributed by atoms with E-state index in [2.05, 4.69) is 21.7 Å². The van der Waals surface area contributed by atoms with Crippen LogP contribution in [0.4, 0.5) is 0 Å². The molecule has 1 aliphatic rings. The van der Waals surface area contributed by atoms with Gasteiger partial charge in [-0.15, -0.1) is 0 Å². The summed E-state index contributed by atoms with van der Waals surface area (Å²) in [5.74, 6) is -0.681. The number of piperidine rings is 1. The van der Waals surface area contributed by atoms with Gasteiger partial charge in [0.1, 0.15) is 0 Å². The van der Waals surface area contributed by atoms with E-state index in [0.29, 0.717) is 19.6 Å². The van der Waals surface area contributed by atoms with Gasteiger partial charge in [0.15, 0.2) is 0 Å². The lowest BCUT2D eigenvalue weighted by Gasteiger charge is -2.39. The van der Waals surface area contributed by atoms with Crippen LogP contribution in [0.3, 0.4) is 0 Å². The summed E-state index contributed by atoms with van der Waals surface area (Å²) in [5, 5.41) is 13.8. The summed E-state index contributed by atoms with van der Waals surface area (Å²) < 4.78 is 5.08. The molecule has 5 heteroatoms. The van der Waals surface area contributed by atoms with Crippen molar-refractivity contribution in [3.05, 3.63) is 22.4 Å². The van der Waals surface area contributed by atoms with Crippen molar-refractivity contribution in [1.82, 2.24) is 4.90 Å². The summed E-state index contributed by atoms with van der Waals surface area (Å²) in [6.07, 6.45) is 2.30. The molecule has 4 nitrogen and oxygen atoms in total. The first-order valence-corrected chi connectivity index (χ1v) is 7.56. The Bertz CT molecular complexity index is 407. The van der Waals surface area contributed by atoms with Crippen LogP contribution in [0.15, 0.2) is 16.8 Å². The van der Waals surface area contributed by atoms with Gasteiger partial charge in [-0.1, -0.05) is 0 Å². The fraction of sp³-hybridized carbons (Fsp3) is 0.643. The minimum Gasteiger partial charge on any atom is -0.481 e. The van der Waals surface area contributed by atoms with Crippen molar-refractivity contribution < 1.29 is 14.6 Å². The van der Waals surface area contributed by atoms with Gasteiger partial charge < -0.3 is 9.84 Å². The van der Waals surface area contributed by atoms with Gasteiger partial charge in [0.05, 0.1) is 5.41 Å². The molecule has 0 spiro atoms. The highest BCUT2D eigenvalue weighted by molar-refractivity contribution is 7.07. The molecule has 19 heavy (non-hydrogen) atoms. The fourth-order valence-electron chi connectivity index (χ4n) is 2.79. The van der Waals surface area contributed by atoms with E-state index in [4.69, 9.17) is 4.74 Å². The lowest BCUT2D eigenvalue weighted by atomic mass is 9.77.